The van der Waals surface area contributed by atoms with E-state index >= 15 is 0 Å². The molecule has 10 heteroatoms. The van der Waals surface area contributed by atoms with E-state index in [1.165, 1.54) is 0 Å². The predicted molar refractivity (Wildman–Crippen MR) is 111 cm³/mol. The van der Waals surface area contributed by atoms with Gasteiger partial charge >= 0.3 is 0 Å². The van der Waals surface area contributed by atoms with Crippen LogP contribution >= 0.6 is 11.9 Å². The highest BCUT2D eigenvalue weighted by Crippen LogP contribution is 2.40. The normalized spacial score (nSPS) is 17.8. The van der Waals surface area contributed by atoms with Crippen molar-refractivity contribution >= 4 is 24.0 Å². The Hall–Kier alpha value is -2.30. The van der Waals surface area contributed by atoms with Crippen LogP contribution in [0.5, 0.6) is 5.88 Å². The van der Waals surface area contributed by atoms with Crippen LogP contribution in [0, 0.1) is 11.7 Å². The van der Waals surface area contributed by atoms with Gasteiger partial charge in [-0.1, -0.05) is 0 Å². The second-order valence-electron chi connectivity index (χ2n) is 7.16. The zero-order valence-electron chi connectivity index (χ0n) is 16.2. The number of anilines is 1. The van der Waals surface area contributed by atoms with Gasteiger partial charge in [-0.15, -0.1) is 0 Å². The van der Waals surface area contributed by atoms with E-state index in [4.69, 9.17) is 26.1 Å². The molecule has 3 aliphatic rings. The summed E-state index contributed by atoms with van der Waals surface area (Å²) in [7, 11) is 0. The molecule has 8 N–H and O–H groups in total. The molecule has 0 radical (unpaired) electrons. The number of carbonyl (C=O) groups is 1. The SMILES string of the molecule is NC=O.NCC1COc2c(SN)cnn2C1.Nc1c2c(c(F)c3c1CC3)CCC2. The highest BCUT2D eigenvalue weighted by molar-refractivity contribution is 7.97. The Kier molecular flexibility index (Phi) is 6.99. The number of halogens is 1. The van der Waals surface area contributed by atoms with Crippen LogP contribution in [0.4, 0.5) is 10.1 Å². The van der Waals surface area contributed by atoms with Gasteiger partial charge in [0.25, 0.3) is 0 Å². The molecule has 2 aliphatic carbocycles. The fraction of sp³-hybridized carbons (Fsp3) is 0.474. The third kappa shape index (κ3) is 4.19. The number of fused-ring (bicyclic) bond motifs is 3. The van der Waals surface area contributed by atoms with Crippen molar-refractivity contribution in [1.82, 2.24) is 9.78 Å². The van der Waals surface area contributed by atoms with E-state index in [0.29, 0.717) is 19.1 Å². The van der Waals surface area contributed by atoms with E-state index < -0.39 is 0 Å². The van der Waals surface area contributed by atoms with E-state index in [2.05, 4.69) is 10.8 Å². The standard InChI is InChI=1S/C11H12FN.C7H12N4OS.CH3NO/c12-10-6-2-1-3-8(6)11(13)9-5-4-7(9)10;8-1-5-3-11-7(12-4-5)6(13-9)2-10-11;2-1-3/h1-5,13H2;2,5H,1,3-4,8-9H2;1H,(H2,2,3). The van der Waals surface area contributed by atoms with Crippen LogP contribution in [0.25, 0.3) is 0 Å². The lowest BCUT2D eigenvalue weighted by Crippen LogP contribution is -2.31. The number of hydrogen-bond acceptors (Lipinski definition) is 7. The average Bonchev–Trinajstić information content (AvgIpc) is 3.34. The first-order chi connectivity index (χ1) is 14.0. The van der Waals surface area contributed by atoms with Crippen molar-refractivity contribution in [3.8, 4) is 5.88 Å². The van der Waals surface area contributed by atoms with Crippen LogP contribution in [-0.2, 0) is 37.0 Å². The summed E-state index contributed by atoms with van der Waals surface area (Å²) >= 11 is 1.16. The Morgan fingerprint density at radius 3 is 2.48 bits per heavy atom. The zero-order valence-corrected chi connectivity index (χ0v) is 17.0. The van der Waals surface area contributed by atoms with Crippen molar-refractivity contribution < 1.29 is 13.9 Å². The number of hydrogen-bond donors (Lipinski definition) is 4. The highest BCUT2D eigenvalue weighted by Gasteiger charge is 2.29. The summed E-state index contributed by atoms with van der Waals surface area (Å²) in [6, 6.07) is 0. The van der Waals surface area contributed by atoms with Gasteiger partial charge in [-0.3, -0.25) is 9.93 Å². The minimum atomic E-state index is 0.0583. The molecule has 29 heavy (non-hydrogen) atoms. The molecule has 0 saturated heterocycles. The smallest absolute Gasteiger partial charge is 0.227 e. The summed E-state index contributed by atoms with van der Waals surface area (Å²) in [4.78, 5) is 9.47. The minimum absolute atomic E-state index is 0.0583. The van der Waals surface area contributed by atoms with E-state index in [-0.39, 0.29) is 12.2 Å². The second kappa shape index (κ2) is 9.47. The van der Waals surface area contributed by atoms with Crippen LogP contribution in [0.2, 0.25) is 0 Å². The number of rotatable bonds is 2. The summed E-state index contributed by atoms with van der Waals surface area (Å²) in [6.07, 6.45) is 6.77. The zero-order chi connectivity index (χ0) is 21.0. The van der Waals surface area contributed by atoms with Gasteiger partial charge in [-0.2, -0.15) is 5.10 Å². The fourth-order valence-electron chi connectivity index (χ4n) is 3.91. The van der Waals surface area contributed by atoms with Gasteiger partial charge in [0.2, 0.25) is 12.3 Å². The van der Waals surface area contributed by atoms with Gasteiger partial charge in [0.05, 0.1) is 19.3 Å². The first kappa shape index (κ1) is 21.4. The first-order valence-electron chi connectivity index (χ1n) is 9.56. The maximum Gasteiger partial charge on any atom is 0.227 e. The van der Waals surface area contributed by atoms with Crippen LogP contribution < -0.4 is 27.1 Å². The Morgan fingerprint density at radius 1 is 1.24 bits per heavy atom. The van der Waals surface area contributed by atoms with Gasteiger partial charge in [0.1, 0.15) is 10.7 Å². The summed E-state index contributed by atoms with van der Waals surface area (Å²) < 4.78 is 21.1. The predicted octanol–water partition coefficient (Wildman–Crippen LogP) is 0.913. The van der Waals surface area contributed by atoms with Crippen LogP contribution in [-0.4, -0.2) is 29.3 Å². The molecule has 1 unspecified atom stereocenters. The number of ether oxygens (including phenoxy) is 1. The third-order valence-corrected chi connectivity index (χ3v) is 6.03. The molecule has 158 valence electrons. The Labute approximate surface area is 173 Å². The molecule has 2 heterocycles. The minimum Gasteiger partial charge on any atom is -0.477 e. The van der Waals surface area contributed by atoms with Crippen molar-refractivity contribution in [2.75, 3.05) is 18.9 Å². The second-order valence-corrected chi connectivity index (χ2v) is 7.83. The summed E-state index contributed by atoms with van der Waals surface area (Å²) in [5.41, 5.74) is 20.6. The molecule has 5 rings (SSSR count). The maximum absolute atomic E-state index is 13.7. The van der Waals surface area contributed by atoms with Crippen molar-refractivity contribution in [2.45, 2.75) is 43.5 Å². The van der Waals surface area contributed by atoms with E-state index in [1.54, 1.807) is 6.20 Å². The quantitative estimate of drug-likeness (QED) is 0.319. The molecule has 1 atom stereocenters. The van der Waals surface area contributed by atoms with Crippen LogP contribution in [0.1, 0.15) is 28.7 Å². The first-order valence-corrected chi connectivity index (χ1v) is 10.4. The lowest BCUT2D eigenvalue weighted by Gasteiger charge is -2.24. The number of aromatic nitrogens is 2. The van der Waals surface area contributed by atoms with Gasteiger partial charge in [-0.25, -0.2) is 9.07 Å². The van der Waals surface area contributed by atoms with E-state index in [0.717, 1.165) is 89.3 Å². The van der Waals surface area contributed by atoms with Crippen molar-refractivity contribution in [3.63, 3.8) is 0 Å². The fourth-order valence-corrected chi connectivity index (χ4v) is 4.29. The van der Waals surface area contributed by atoms with Gasteiger partial charge in [0.15, 0.2) is 0 Å². The largest absolute Gasteiger partial charge is 0.477 e. The topological polar surface area (TPSA) is 148 Å². The summed E-state index contributed by atoms with van der Waals surface area (Å²) in [5, 5.41) is 9.61. The molecular formula is C19H27FN6O2S. The summed E-state index contributed by atoms with van der Waals surface area (Å²) in [6.45, 7) is 2.12. The van der Waals surface area contributed by atoms with Crippen molar-refractivity contribution in [1.29, 1.82) is 0 Å². The lowest BCUT2D eigenvalue weighted by molar-refractivity contribution is -0.106. The average molecular weight is 423 g/mol. The maximum atomic E-state index is 13.7. The molecule has 1 amide bonds. The number of benzene rings is 1. The molecular weight excluding hydrogens is 395 g/mol. The molecule has 1 aliphatic heterocycles. The van der Waals surface area contributed by atoms with E-state index in [9.17, 15) is 4.39 Å². The lowest BCUT2D eigenvalue weighted by atomic mass is 9.83. The van der Waals surface area contributed by atoms with Crippen molar-refractivity contribution in [2.24, 2.45) is 22.5 Å². The highest BCUT2D eigenvalue weighted by atomic mass is 32.2. The molecule has 0 fully saturated rings. The van der Waals surface area contributed by atoms with Gasteiger partial charge in [0, 0.05) is 18.2 Å². The Balaban J connectivity index is 0.000000146. The molecule has 0 spiro atoms. The summed E-state index contributed by atoms with van der Waals surface area (Å²) in [5.74, 6) is 1.20. The third-order valence-electron chi connectivity index (χ3n) is 5.49. The molecule has 1 aromatic heterocycles. The Morgan fingerprint density at radius 2 is 1.86 bits per heavy atom. The molecule has 8 nitrogen and oxygen atoms in total. The number of nitrogens with zero attached hydrogens (tertiary/aromatic N) is 2. The number of amides is 1. The molecule has 0 bridgehead atoms. The molecule has 2 aromatic rings. The van der Waals surface area contributed by atoms with E-state index in [1.807, 2.05) is 4.68 Å². The van der Waals surface area contributed by atoms with Crippen LogP contribution in [0.15, 0.2) is 11.1 Å². The number of nitrogen functional groups attached to an aromatic ring is 1. The number of primary amides is 1. The van der Waals surface area contributed by atoms with Crippen molar-refractivity contribution in [3.05, 3.63) is 34.3 Å². The molecule has 0 saturated carbocycles. The van der Waals surface area contributed by atoms with Gasteiger partial charge < -0.3 is 21.9 Å². The Bertz CT molecular complexity index is 851. The van der Waals surface area contributed by atoms with Crippen LogP contribution in [0.3, 0.4) is 0 Å². The number of carbonyl (C=O) groups excluding carboxylic acids is 1. The monoisotopic (exact) mass is 422 g/mol. The van der Waals surface area contributed by atoms with Gasteiger partial charge in [-0.05, 0) is 66.3 Å². The molecule has 1 aromatic carbocycles. The number of nitrogens with two attached hydrogens (primary N) is 4.